The van der Waals surface area contributed by atoms with Crippen molar-refractivity contribution in [1.29, 1.82) is 0 Å². The maximum atomic E-state index is 14.1. The number of rotatable bonds is 9. The number of nitrogens with one attached hydrogen (secondary N) is 1. The molecule has 196 valence electrons. The van der Waals surface area contributed by atoms with E-state index in [0.29, 0.717) is 11.3 Å². The van der Waals surface area contributed by atoms with Crippen molar-refractivity contribution in [3.63, 3.8) is 0 Å². The highest BCUT2D eigenvalue weighted by molar-refractivity contribution is 5.89. The van der Waals surface area contributed by atoms with Crippen molar-refractivity contribution in [3.8, 4) is 5.75 Å². The summed E-state index contributed by atoms with van der Waals surface area (Å²) < 4.78 is 7.19. The standard InChI is InChI=1S/C30H33N5O3/c1-21-11-3-7-15-24(21)29(30(37)31-23-13-5-6-14-23)34(19-22-12-4-10-18-27(22)38-2)28(36)20-35-26-17-9-8-16-25(26)32-33-35/h3-4,7-12,15-18,23,29H,5-6,13-14,19-20H2,1-2H3,(H,31,37)/t29-/m0/s1. The highest BCUT2D eigenvalue weighted by Gasteiger charge is 2.34. The lowest BCUT2D eigenvalue weighted by Crippen LogP contribution is -2.47. The lowest BCUT2D eigenvalue weighted by Gasteiger charge is -2.33. The number of aryl methyl sites for hydroxylation is 1. The van der Waals surface area contributed by atoms with Gasteiger partial charge >= 0.3 is 0 Å². The number of para-hydroxylation sites is 2. The summed E-state index contributed by atoms with van der Waals surface area (Å²) in [5.41, 5.74) is 4.05. The number of carbonyl (C=O) groups excluding carboxylic acids is 2. The Bertz CT molecular complexity index is 1430. The minimum atomic E-state index is -0.816. The summed E-state index contributed by atoms with van der Waals surface area (Å²) in [7, 11) is 1.61. The molecule has 4 aromatic rings. The zero-order valence-electron chi connectivity index (χ0n) is 21.8. The Hall–Kier alpha value is -4.20. The number of nitrogens with zero attached hydrogens (tertiary/aromatic N) is 4. The summed E-state index contributed by atoms with van der Waals surface area (Å²) >= 11 is 0. The molecule has 1 saturated carbocycles. The van der Waals surface area contributed by atoms with E-state index in [0.717, 1.165) is 47.9 Å². The summed E-state index contributed by atoms with van der Waals surface area (Å²) in [6, 6.07) is 22.2. The van der Waals surface area contributed by atoms with Crippen LogP contribution in [-0.4, -0.2) is 44.9 Å². The van der Waals surface area contributed by atoms with E-state index in [1.54, 1.807) is 16.7 Å². The Morgan fingerprint density at radius 3 is 2.53 bits per heavy atom. The summed E-state index contributed by atoms with van der Waals surface area (Å²) in [5, 5.41) is 11.7. The molecule has 0 bridgehead atoms. The smallest absolute Gasteiger partial charge is 0.247 e. The van der Waals surface area contributed by atoms with Crippen LogP contribution in [-0.2, 0) is 22.7 Å². The number of benzene rings is 3. The first-order valence-electron chi connectivity index (χ1n) is 13.1. The molecule has 5 rings (SSSR count). The molecule has 2 amide bonds. The normalized spacial score (nSPS) is 14.4. The Morgan fingerprint density at radius 2 is 1.74 bits per heavy atom. The van der Waals surface area contributed by atoms with Crippen LogP contribution in [0.15, 0.2) is 72.8 Å². The molecule has 8 nitrogen and oxygen atoms in total. The van der Waals surface area contributed by atoms with E-state index < -0.39 is 6.04 Å². The third kappa shape index (κ3) is 5.39. The molecule has 8 heteroatoms. The quantitative estimate of drug-likeness (QED) is 0.355. The van der Waals surface area contributed by atoms with Crippen molar-refractivity contribution in [2.75, 3.05) is 7.11 Å². The number of amides is 2. The van der Waals surface area contributed by atoms with Crippen LogP contribution in [0.2, 0.25) is 0 Å². The summed E-state index contributed by atoms with van der Waals surface area (Å²) in [6.45, 7) is 2.13. The third-order valence-corrected chi connectivity index (χ3v) is 7.30. The predicted molar refractivity (Wildman–Crippen MR) is 145 cm³/mol. The number of hydrogen-bond donors (Lipinski definition) is 1. The number of methoxy groups -OCH3 is 1. The molecule has 1 atom stereocenters. The van der Waals surface area contributed by atoms with E-state index in [4.69, 9.17) is 4.74 Å². The third-order valence-electron chi connectivity index (χ3n) is 7.30. The summed E-state index contributed by atoms with van der Waals surface area (Å²) in [5.74, 6) is 0.260. The van der Waals surface area contributed by atoms with Gasteiger partial charge in [-0.15, -0.1) is 5.10 Å². The highest BCUT2D eigenvalue weighted by atomic mass is 16.5. The van der Waals surface area contributed by atoms with Crippen LogP contribution in [0, 0.1) is 6.92 Å². The Kier molecular flexibility index (Phi) is 7.67. The second kappa shape index (κ2) is 11.5. The van der Waals surface area contributed by atoms with Crippen LogP contribution in [0.4, 0.5) is 0 Å². The second-order valence-electron chi connectivity index (χ2n) is 9.82. The van der Waals surface area contributed by atoms with Crippen LogP contribution < -0.4 is 10.1 Å². The lowest BCUT2D eigenvalue weighted by atomic mass is 9.97. The number of fused-ring (bicyclic) bond motifs is 1. The number of ether oxygens (including phenoxy) is 1. The van der Waals surface area contributed by atoms with Crippen LogP contribution in [0.5, 0.6) is 5.75 Å². The van der Waals surface area contributed by atoms with Gasteiger partial charge in [0.25, 0.3) is 0 Å². The molecule has 0 spiro atoms. The van der Waals surface area contributed by atoms with Crippen molar-refractivity contribution in [2.45, 2.75) is 57.8 Å². The average Bonchev–Trinajstić information content (AvgIpc) is 3.59. The van der Waals surface area contributed by atoms with Gasteiger partial charge < -0.3 is 15.0 Å². The fourth-order valence-electron chi connectivity index (χ4n) is 5.29. The molecule has 1 aromatic heterocycles. The topological polar surface area (TPSA) is 89.3 Å². The molecule has 3 aromatic carbocycles. The van der Waals surface area contributed by atoms with Gasteiger partial charge in [-0.25, -0.2) is 4.68 Å². The van der Waals surface area contributed by atoms with Gasteiger partial charge in [-0.3, -0.25) is 9.59 Å². The molecule has 0 radical (unpaired) electrons. The SMILES string of the molecule is COc1ccccc1CN(C(=O)Cn1nnc2ccccc21)[C@H](C(=O)NC1CCCC1)c1ccccc1C. The van der Waals surface area contributed by atoms with E-state index in [2.05, 4.69) is 15.6 Å². The maximum absolute atomic E-state index is 14.1. The van der Waals surface area contributed by atoms with Gasteiger partial charge in [-0.1, -0.05) is 72.7 Å². The zero-order chi connectivity index (χ0) is 26.5. The monoisotopic (exact) mass is 511 g/mol. The molecule has 0 aliphatic heterocycles. The second-order valence-corrected chi connectivity index (χ2v) is 9.82. The minimum Gasteiger partial charge on any atom is -0.496 e. The van der Waals surface area contributed by atoms with E-state index in [9.17, 15) is 9.59 Å². The van der Waals surface area contributed by atoms with Crippen molar-refractivity contribution in [2.24, 2.45) is 0 Å². The van der Waals surface area contributed by atoms with Crippen LogP contribution in [0.1, 0.15) is 48.4 Å². The Labute approximate surface area is 222 Å². The molecular formula is C30H33N5O3. The van der Waals surface area contributed by atoms with Gasteiger partial charge in [0.1, 0.15) is 23.9 Å². The molecule has 0 saturated heterocycles. The van der Waals surface area contributed by atoms with Crippen molar-refractivity contribution in [1.82, 2.24) is 25.2 Å². The van der Waals surface area contributed by atoms with Crippen molar-refractivity contribution >= 4 is 22.8 Å². The number of carbonyl (C=O) groups is 2. The molecule has 1 fully saturated rings. The molecule has 1 aliphatic carbocycles. The molecule has 1 aliphatic rings. The van der Waals surface area contributed by atoms with E-state index in [-0.39, 0.29) is 30.9 Å². The van der Waals surface area contributed by atoms with Crippen molar-refractivity contribution in [3.05, 3.63) is 89.5 Å². The molecule has 0 unspecified atom stereocenters. The van der Waals surface area contributed by atoms with Gasteiger partial charge in [0.05, 0.1) is 19.2 Å². The van der Waals surface area contributed by atoms with E-state index >= 15 is 0 Å². The van der Waals surface area contributed by atoms with E-state index in [1.165, 1.54) is 0 Å². The van der Waals surface area contributed by atoms with E-state index in [1.807, 2.05) is 79.7 Å². The van der Waals surface area contributed by atoms with Gasteiger partial charge in [0, 0.05) is 11.6 Å². The largest absolute Gasteiger partial charge is 0.496 e. The number of hydrogen-bond acceptors (Lipinski definition) is 5. The fraction of sp³-hybridized carbons (Fsp3) is 0.333. The predicted octanol–water partition coefficient (Wildman–Crippen LogP) is 4.58. The fourth-order valence-corrected chi connectivity index (χ4v) is 5.29. The minimum absolute atomic E-state index is 0.0469. The highest BCUT2D eigenvalue weighted by Crippen LogP contribution is 2.30. The first-order valence-corrected chi connectivity index (χ1v) is 13.1. The number of aromatic nitrogens is 3. The van der Waals surface area contributed by atoms with Crippen molar-refractivity contribution < 1.29 is 14.3 Å². The Morgan fingerprint density at radius 1 is 1.03 bits per heavy atom. The van der Waals surface area contributed by atoms with Gasteiger partial charge in [-0.05, 0) is 49.1 Å². The summed E-state index contributed by atoms with van der Waals surface area (Å²) in [4.78, 5) is 29.8. The maximum Gasteiger partial charge on any atom is 0.247 e. The zero-order valence-corrected chi connectivity index (χ0v) is 21.8. The summed E-state index contributed by atoms with van der Waals surface area (Å²) in [6.07, 6.45) is 4.11. The average molecular weight is 512 g/mol. The van der Waals surface area contributed by atoms with Gasteiger partial charge in [0.15, 0.2) is 0 Å². The van der Waals surface area contributed by atoms with Crippen LogP contribution in [0.25, 0.3) is 11.0 Å². The molecule has 1 heterocycles. The Balaban J connectivity index is 1.56. The van der Waals surface area contributed by atoms with Gasteiger partial charge in [0.2, 0.25) is 11.8 Å². The molecule has 38 heavy (non-hydrogen) atoms. The van der Waals surface area contributed by atoms with Crippen LogP contribution >= 0.6 is 0 Å². The molecule has 1 N–H and O–H groups in total. The molecular weight excluding hydrogens is 478 g/mol. The first-order chi connectivity index (χ1) is 18.5. The van der Waals surface area contributed by atoms with Gasteiger partial charge in [-0.2, -0.15) is 0 Å². The lowest BCUT2D eigenvalue weighted by molar-refractivity contribution is -0.142. The van der Waals surface area contributed by atoms with Crippen LogP contribution in [0.3, 0.4) is 0 Å². The first kappa shape index (κ1) is 25.4.